The second-order valence-corrected chi connectivity index (χ2v) is 7.89. The molecule has 2 aliphatic carbocycles. The number of anilines is 1. The van der Waals surface area contributed by atoms with E-state index in [0.29, 0.717) is 22.2 Å². The number of benzene rings is 2. The van der Waals surface area contributed by atoms with Crippen molar-refractivity contribution >= 4 is 28.4 Å². The minimum absolute atomic E-state index is 0.137. The number of carbonyl (C=O) groups excluding carboxylic acids is 2. The summed E-state index contributed by atoms with van der Waals surface area (Å²) in [6.07, 6.45) is 5.04. The van der Waals surface area contributed by atoms with Gasteiger partial charge in [0.05, 0.1) is 28.4 Å². The van der Waals surface area contributed by atoms with Crippen LogP contribution in [0.1, 0.15) is 6.42 Å². The standard InChI is InChI=1S/C23H16N2O4/c26-21-18-12-8-9-13(10-12)19(18)22(27)25(21)15-5-3-4-14(11-15)20-24-17-7-2-1-6-16(17)23(28)29-20/h1-9,11-13,18-19H,10H2. The Hall–Kier alpha value is -3.54. The van der Waals surface area contributed by atoms with Gasteiger partial charge >= 0.3 is 5.63 Å². The predicted octanol–water partition coefficient (Wildman–Crippen LogP) is 3.17. The Labute approximate surface area is 165 Å². The fourth-order valence-corrected chi connectivity index (χ4v) is 5.08. The van der Waals surface area contributed by atoms with Gasteiger partial charge in [0.25, 0.3) is 0 Å². The van der Waals surface area contributed by atoms with Crippen molar-refractivity contribution < 1.29 is 14.0 Å². The maximum absolute atomic E-state index is 13.0. The molecule has 2 aromatic carbocycles. The van der Waals surface area contributed by atoms with Gasteiger partial charge in [0, 0.05) is 5.56 Å². The van der Waals surface area contributed by atoms with Crippen molar-refractivity contribution in [3.05, 3.63) is 71.1 Å². The van der Waals surface area contributed by atoms with E-state index < -0.39 is 5.63 Å². The lowest BCUT2D eigenvalue weighted by molar-refractivity contribution is -0.123. The highest BCUT2D eigenvalue weighted by Crippen LogP contribution is 2.53. The number of amides is 2. The van der Waals surface area contributed by atoms with E-state index in [4.69, 9.17) is 4.42 Å². The molecule has 6 nitrogen and oxygen atoms in total. The third kappa shape index (κ3) is 2.23. The summed E-state index contributed by atoms with van der Waals surface area (Å²) in [6, 6.07) is 13.9. The number of hydrogen-bond donors (Lipinski definition) is 0. The molecule has 1 aromatic heterocycles. The van der Waals surface area contributed by atoms with E-state index in [0.717, 1.165) is 6.42 Å². The molecule has 2 fully saturated rings. The SMILES string of the molecule is O=C1C2C3C=CC(C3)C2C(=O)N1c1cccc(-c2nc3ccccc3c(=O)o2)c1. The summed E-state index contributed by atoms with van der Waals surface area (Å²) in [5.74, 6) is -0.291. The van der Waals surface area contributed by atoms with Gasteiger partial charge in [-0.3, -0.25) is 9.59 Å². The van der Waals surface area contributed by atoms with Crippen LogP contribution in [-0.2, 0) is 9.59 Å². The molecule has 2 amide bonds. The Morgan fingerprint density at radius 3 is 2.38 bits per heavy atom. The Balaban J connectivity index is 1.42. The maximum Gasteiger partial charge on any atom is 0.347 e. The Bertz CT molecular complexity index is 1260. The van der Waals surface area contributed by atoms with Gasteiger partial charge in [0.1, 0.15) is 0 Å². The number of carbonyl (C=O) groups is 2. The van der Waals surface area contributed by atoms with Crippen LogP contribution < -0.4 is 10.5 Å². The zero-order chi connectivity index (χ0) is 19.7. The highest BCUT2D eigenvalue weighted by Gasteiger charge is 2.59. The van der Waals surface area contributed by atoms with Gasteiger partial charge in [-0.05, 0) is 48.6 Å². The molecule has 6 rings (SSSR count). The lowest BCUT2D eigenvalue weighted by atomic mass is 9.85. The molecule has 4 atom stereocenters. The van der Waals surface area contributed by atoms with E-state index in [9.17, 15) is 14.4 Å². The average Bonchev–Trinajstić information content (AvgIpc) is 3.42. The van der Waals surface area contributed by atoms with Crippen molar-refractivity contribution in [1.82, 2.24) is 4.98 Å². The van der Waals surface area contributed by atoms with Crippen LogP contribution in [0.5, 0.6) is 0 Å². The minimum Gasteiger partial charge on any atom is -0.403 e. The topological polar surface area (TPSA) is 80.5 Å². The third-order valence-electron chi connectivity index (χ3n) is 6.36. The molecule has 29 heavy (non-hydrogen) atoms. The Morgan fingerprint density at radius 2 is 1.62 bits per heavy atom. The van der Waals surface area contributed by atoms with Gasteiger partial charge in [-0.25, -0.2) is 14.7 Å². The average molecular weight is 384 g/mol. The lowest BCUT2D eigenvalue weighted by Crippen LogP contribution is -2.32. The molecule has 3 aromatic rings. The van der Waals surface area contributed by atoms with Gasteiger partial charge in [-0.1, -0.05) is 30.4 Å². The molecule has 1 saturated heterocycles. The summed E-state index contributed by atoms with van der Waals surface area (Å²) in [5, 5.41) is 0.410. The molecule has 1 aliphatic heterocycles. The van der Waals surface area contributed by atoms with E-state index in [1.165, 1.54) is 4.90 Å². The number of allylic oxidation sites excluding steroid dienone is 2. The predicted molar refractivity (Wildman–Crippen MR) is 106 cm³/mol. The number of para-hydroxylation sites is 1. The third-order valence-corrected chi connectivity index (χ3v) is 6.36. The molecular formula is C23H16N2O4. The first kappa shape index (κ1) is 16.4. The van der Waals surface area contributed by atoms with Crippen molar-refractivity contribution in [1.29, 1.82) is 0 Å². The monoisotopic (exact) mass is 384 g/mol. The maximum atomic E-state index is 13.0. The van der Waals surface area contributed by atoms with E-state index >= 15 is 0 Å². The van der Waals surface area contributed by atoms with Crippen LogP contribution in [0.4, 0.5) is 5.69 Å². The summed E-state index contributed by atoms with van der Waals surface area (Å²) < 4.78 is 5.40. The van der Waals surface area contributed by atoms with Gasteiger partial charge in [-0.2, -0.15) is 0 Å². The molecule has 4 unspecified atom stereocenters. The molecule has 2 heterocycles. The number of imide groups is 1. The molecule has 0 radical (unpaired) electrons. The van der Waals surface area contributed by atoms with Gasteiger partial charge < -0.3 is 4.42 Å². The van der Waals surface area contributed by atoms with E-state index in [-0.39, 0.29) is 41.4 Å². The number of nitrogens with zero attached hydrogens (tertiary/aromatic N) is 2. The fourth-order valence-electron chi connectivity index (χ4n) is 5.08. The van der Waals surface area contributed by atoms with Gasteiger partial charge in [0.2, 0.25) is 17.7 Å². The normalized spacial score (nSPS) is 27.2. The summed E-state index contributed by atoms with van der Waals surface area (Å²) in [4.78, 5) is 44.1. The first-order chi connectivity index (χ1) is 14.1. The number of fused-ring (bicyclic) bond motifs is 6. The zero-order valence-electron chi connectivity index (χ0n) is 15.3. The Morgan fingerprint density at radius 1 is 0.897 bits per heavy atom. The molecule has 6 heteroatoms. The van der Waals surface area contributed by atoms with E-state index in [2.05, 4.69) is 17.1 Å². The number of hydrogen-bond acceptors (Lipinski definition) is 5. The largest absolute Gasteiger partial charge is 0.403 e. The van der Waals surface area contributed by atoms with Gasteiger partial charge in [0.15, 0.2) is 0 Å². The van der Waals surface area contributed by atoms with Crippen LogP contribution in [0.15, 0.2) is 69.9 Å². The summed E-state index contributed by atoms with van der Waals surface area (Å²) >= 11 is 0. The van der Waals surface area contributed by atoms with Gasteiger partial charge in [-0.15, -0.1) is 0 Å². The second kappa shape index (κ2) is 5.73. The van der Waals surface area contributed by atoms with E-state index in [1.807, 2.05) is 0 Å². The van der Waals surface area contributed by atoms with Crippen LogP contribution in [0.3, 0.4) is 0 Å². The van der Waals surface area contributed by atoms with Crippen molar-refractivity contribution in [2.45, 2.75) is 6.42 Å². The highest BCUT2D eigenvalue weighted by molar-refractivity contribution is 6.23. The zero-order valence-corrected chi connectivity index (χ0v) is 15.3. The smallest absolute Gasteiger partial charge is 0.347 e. The Kier molecular flexibility index (Phi) is 3.25. The van der Waals surface area contributed by atoms with Crippen LogP contribution in [0, 0.1) is 23.7 Å². The van der Waals surface area contributed by atoms with Crippen molar-refractivity contribution in [3.8, 4) is 11.5 Å². The first-order valence-corrected chi connectivity index (χ1v) is 9.68. The molecule has 2 bridgehead atoms. The number of aromatic nitrogens is 1. The van der Waals surface area contributed by atoms with Crippen LogP contribution >= 0.6 is 0 Å². The lowest BCUT2D eigenvalue weighted by Gasteiger charge is -2.17. The molecule has 0 spiro atoms. The summed E-state index contributed by atoms with van der Waals surface area (Å²) in [5.41, 5.74) is 1.10. The molecule has 3 aliphatic rings. The highest BCUT2D eigenvalue weighted by atomic mass is 16.4. The van der Waals surface area contributed by atoms with Crippen LogP contribution in [0.25, 0.3) is 22.4 Å². The summed E-state index contributed by atoms with van der Waals surface area (Å²) in [7, 11) is 0. The van der Waals surface area contributed by atoms with Crippen LogP contribution in [0.2, 0.25) is 0 Å². The van der Waals surface area contributed by atoms with Crippen molar-refractivity contribution in [2.24, 2.45) is 23.7 Å². The quantitative estimate of drug-likeness (QED) is 0.501. The van der Waals surface area contributed by atoms with E-state index in [1.54, 1.807) is 48.5 Å². The minimum atomic E-state index is -0.471. The first-order valence-electron chi connectivity index (χ1n) is 9.68. The molecule has 0 N–H and O–H groups in total. The van der Waals surface area contributed by atoms with Crippen molar-refractivity contribution in [2.75, 3.05) is 4.90 Å². The van der Waals surface area contributed by atoms with Crippen LogP contribution in [-0.4, -0.2) is 16.8 Å². The second-order valence-electron chi connectivity index (χ2n) is 7.89. The molecule has 142 valence electrons. The van der Waals surface area contributed by atoms with Crippen molar-refractivity contribution in [3.63, 3.8) is 0 Å². The number of rotatable bonds is 2. The molecule has 1 saturated carbocycles. The summed E-state index contributed by atoms with van der Waals surface area (Å²) in [6.45, 7) is 0. The molecular weight excluding hydrogens is 368 g/mol. The fraction of sp³-hybridized carbons (Fsp3) is 0.217.